The molecule has 1 atom stereocenters. The molecule has 0 radical (unpaired) electrons. The number of hydrogen-bond donors (Lipinski definition) is 3. The molecular formula is C15H15ClN4O3. The van der Waals surface area contributed by atoms with Gasteiger partial charge in [-0.05, 0) is 25.1 Å². The number of nitrogen functional groups attached to an aromatic ring is 1. The smallest absolute Gasteiger partial charge is 0.405 e. The van der Waals surface area contributed by atoms with Crippen molar-refractivity contribution < 1.29 is 14.7 Å². The van der Waals surface area contributed by atoms with Crippen LogP contribution in [0, 0.1) is 0 Å². The molecule has 4 N–H and O–H groups in total. The Kier molecular flexibility index (Phi) is 5.02. The summed E-state index contributed by atoms with van der Waals surface area (Å²) in [5, 5.41) is 11.3. The normalized spacial score (nSPS) is 11.6. The van der Waals surface area contributed by atoms with Gasteiger partial charge in [0.2, 0.25) is 0 Å². The molecule has 0 bridgehead atoms. The number of benzene rings is 1. The minimum absolute atomic E-state index is 0.185. The first kappa shape index (κ1) is 16.6. The van der Waals surface area contributed by atoms with E-state index in [9.17, 15) is 9.59 Å². The van der Waals surface area contributed by atoms with Crippen LogP contribution in [0.15, 0.2) is 42.6 Å². The first-order valence-electron chi connectivity index (χ1n) is 6.69. The average Bonchev–Trinajstić information content (AvgIpc) is 2.50. The minimum atomic E-state index is -1.30. The van der Waals surface area contributed by atoms with Gasteiger partial charge in [-0.25, -0.2) is 9.78 Å². The summed E-state index contributed by atoms with van der Waals surface area (Å²) in [4.78, 5) is 28.8. The first-order valence-corrected chi connectivity index (χ1v) is 7.07. The summed E-state index contributed by atoms with van der Waals surface area (Å²) in [6, 6.07) is 9.17. The van der Waals surface area contributed by atoms with Crippen LogP contribution in [-0.2, 0) is 4.79 Å². The van der Waals surface area contributed by atoms with E-state index in [4.69, 9.17) is 22.4 Å². The Morgan fingerprint density at radius 3 is 2.57 bits per heavy atom. The lowest BCUT2D eigenvalue weighted by Crippen LogP contribution is -2.45. The maximum absolute atomic E-state index is 12.7. The lowest BCUT2D eigenvalue weighted by Gasteiger charge is -2.26. The second kappa shape index (κ2) is 6.97. The monoisotopic (exact) mass is 334 g/mol. The summed E-state index contributed by atoms with van der Waals surface area (Å²) in [5.41, 5.74) is 6.64. The largest absolute Gasteiger partial charge is 0.465 e. The Morgan fingerprint density at radius 2 is 2.00 bits per heavy atom. The third-order valence-electron chi connectivity index (χ3n) is 3.02. The van der Waals surface area contributed by atoms with E-state index >= 15 is 0 Å². The highest BCUT2D eigenvalue weighted by atomic mass is 35.5. The molecule has 0 aliphatic rings. The molecule has 0 aliphatic heterocycles. The van der Waals surface area contributed by atoms with E-state index in [1.54, 1.807) is 30.3 Å². The number of amides is 2. The van der Waals surface area contributed by atoms with Crippen molar-refractivity contribution in [3.8, 4) is 0 Å². The lowest BCUT2D eigenvalue weighted by atomic mass is 10.2. The molecule has 0 fully saturated rings. The van der Waals surface area contributed by atoms with Crippen LogP contribution in [0.25, 0.3) is 0 Å². The topological polar surface area (TPSA) is 109 Å². The number of carbonyl (C=O) groups excluding carboxylic acids is 1. The standard InChI is InChI=1S/C15H15ClN4O3/c1-9(19-15(22)23)14(21)20(11-5-3-2-4-6-11)13-12(17)7-10(16)8-18-13/h2-9,19H,17H2,1H3,(H,22,23). The summed E-state index contributed by atoms with van der Waals surface area (Å²) in [6.45, 7) is 1.44. The Hall–Kier alpha value is -2.80. The first-order chi connectivity index (χ1) is 10.9. The summed E-state index contributed by atoms with van der Waals surface area (Å²) in [6.07, 6.45) is 0.0714. The molecule has 2 rings (SSSR count). The van der Waals surface area contributed by atoms with Crippen molar-refractivity contribution in [1.29, 1.82) is 0 Å². The zero-order chi connectivity index (χ0) is 17.0. The van der Waals surface area contributed by atoms with Crippen LogP contribution in [0.5, 0.6) is 0 Å². The van der Waals surface area contributed by atoms with Crippen LogP contribution in [0.2, 0.25) is 5.02 Å². The summed E-state index contributed by atoms with van der Waals surface area (Å²) in [7, 11) is 0. The van der Waals surface area contributed by atoms with Crippen molar-refractivity contribution in [1.82, 2.24) is 10.3 Å². The molecule has 0 saturated heterocycles. The highest BCUT2D eigenvalue weighted by molar-refractivity contribution is 6.30. The minimum Gasteiger partial charge on any atom is -0.465 e. The van der Waals surface area contributed by atoms with Gasteiger partial charge in [0.25, 0.3) is 5.91 Å². The molecule has 120 valence electrons. The number of aromatic nitrogens is 1. The fourth-order valence-corrected chi connectivity index (χ4v) is 2.17. The van der Waals surface area contributed by atoms with Gasteiger partial charge >= 0.3 is 6.09 Å². The van der Waals surface area contributed by atoms with E-state index in [0.717, 1.165) is 0 Å². The SMILES string of the molecule is CC(NC(=O)O)C(=O)N(c1ccccc1)c1ncc(Cl)cc1N. The molecular weight excluding hydrogens is 320 g/mol. The quantitative estimate of drug-likeness (QED) is 0.796. The number of anilines is 3. The molecule has 2 aromatic rings. The van der Waals surface area contributed by atoms with Crippen LogP contribution in [-0.4, -0.2) is 28.1 Å². The van der Waals surface area contributed by atoms with Crippen LogP contribution in [0.4, 0.5) is 22.0 Å². The number of carboxylic acid groups (broad SMARTS) is 1. The van der Waals surface area contributed by atoms with Crippen molar-refractivity contribution in [2.45, 2.75) is 13.0 Å². The van der Waals surface area contributed by atoms with E-state index in [-0.39, 0.29) is 11.5 Å². The Bertz CT molecular complexity index is 724. The van der Waals surface area contributed by atoms with Crippen molar-refractivity contribution in [2.75, 3.05) is 10.6 Å². The number of nitrogens with two attached hydrogens (primary N) is 1. The van der Waals surface area contributed by atoms with E-state index in [1.165, 1.54) is 24.1 Å². The van der Waals surface area contributed by atoms with Gasteiger partial charge < -0.3 is 16.2 Å². The molecule has 1 heterocycles. The van der Waals surface area contributed by atoms with Gasteiger partial charge in [-0.1, -0.05) is 29.8 Å². The predicted molar refractivity (Wildman–Crippen MR) is 87.9 cm³/mol. The van der Waals surface area contributed by atoms with Crippen molar-refractivity contribution in [2.24, 2.45) is 0 Å². The molecule has 0 aliphatic carbocycles. The molecule has 1 unspecified atom stereocenters. The fraction of sp³-hybridized carbons (Fsp3) is 0.133. The third-order valence-corrected chi connectivity index (χ3v) is 3.23. The van der Waals surface area contributed by atoms with E-state index in [1.807, 2.05) is 0 Å². The third kappa shape index (κ3) is 3.89. The number of pyridine rings is 1. The van der Waals surface area contributed by atoms with Gasteiger partial charge in [-0.2, -0.15) is 0 Å². The van der Waals surface area contributed by atoms with Crippen molar-refractivity contribution in [3.63, 3.8) is 0 Å². The molecule has 23 heavy (non-hydrogen) atoms. The Labute approximate surface area is 137 Å². The molecule has 7 nitrogen and oxygen atoms in total. The molecule has 0 spiro atoms. The van der Waals surface area contributed by atoms with Gasteiger partial charge in [0.05, 0.1) is 16.4 Å². The molecule has 1 aromatic heterocycles. The number of rotatable bonds is 4. The van der Waals surface area contributed by atoms with Gasteiger partial charge in [0.15, 0.2) is 5.82 Å². The second-order valence-electron chi connectivity index (χ2n) is 4.75. The van der Waals surface area contributed by atoms with E-state index in [0.29, 0.717) is 10.7 Å². The van der Waals surface area contributed by atoms with Crippen LogP contribution in [0.1, 0.15) is 6.92 Å². The van der Waals surface area contributed by atoms with Crippen molar-refractivity contribution >= 4 is 40.8 Å². The zero-order valence-corrected chi connectivity index (χ0v) is 13.0. The number of halogens is 1. The highest BCUT2D eigenvalue weighted by Crippen LogP contribution is 2.30. The molecule has 8 heteroatoms. The zero-order valence-electron chi connectivity index (χ0n) is 12.2. The number of carbonyl (C=O) groups is 2. The Balaban J connectivity index is 2.48. The molecule has 1 aromatic carbocycles. The number of nitrogens with zero attached hydrogens (tertiary/aromatic N) is 2. The average molecular weight is 335 g/mol. The molecule has 0 saturated carbocycles. The van der Waals surface area contributed by atoms with Gasteiger partial charge in [0, 0.05) is 6.20 Å². The van der Waals surface area contributed by atoms with Crippen molar-refractivity contribution in [3.05, 3.63) is 47.6 Å². The number of nitrogens with one attached hydrogen (secondary N) is 1. The Morgan fingerprint density at radius 1 is 1.35 bits per heavy atom. The predicted octanol–water partition coefficient (Wildman–Crippen LogP) is 2.64. The van der Waals surface area contributed by atoms with Gasteiger partial charge in [0.1, 0.15) is 6.04 Å². The van der Waals surface area contributed by atoms with Gasteiger partial charge in [-0.3, -0.25) is 9.69 Å². The summed E-state index contributed by atoms with van der Waals surface area (Å²) < 4.78 is 0. The number of para-hydroxylation sites is 1. The van der Waals surface area contributed by atoms with Crippen LogP contribution >= 0.6 is 11.6 Å². The lowest BCUT2D eigenvalue weighted by molar-refractivity contribution is -0.119. The molecule has 2 amide bonds. The summed E-state index contributed by atoms with van der Waals surface area (Å²) in [5.74, 6) is -0.329. The van der Waals surface area contributed by atoms with E-state index in [2.05, 4.69) is 10.3 Å². The maximum Gasteiger partial charge on any atom is 0.405 e. The number of hydrogen-bond acceptors (Lipinski definition) is 4. The van der Waals surface area contributed by atoms with Crippen LogP contribution in [0.3, 0.4) is 0 Å². The van der Waals surface area contributed by atoms with Crippen LogP contribution < -0.4 is 16.0 Å². The highest BCUT2D eigenvalue weighted by Gasteiger charge is 2.27. The van der Waals surface area contributed by atoms with Gasteiger partial charge in [-0.15, -0.1) is 0 Å². The maximum atomic E-state index is 12.7. The summed E-state index contributed by atoms with van der Waals surface area (Å²) >= 11 is 5.84. The fourth-order valence-electron chi connectivity index (χ4n) is 2.01. The second-order valence-corrected chi connectivity index (χ2v) is 5.18. The van der Waals surface area contributed by atoms with E-state index < -0.39 is 18.0 Å².